The van der Waals surface area contributed by atoms with Crippen molar-refractivity contribution in [2.75, 3.05) is 25.2 Å². The third-order valence-electron chi connectivity index (χ3n) is 5.86. The van der Waals surface area contributed by atoms with Crippen molar-refractivity contribution in [2.24, 2.45) is 11.7 Å². The number of carbonyl (C=O) groups excluding carboxylic acids is 4. The number of carbonyl (C=O) groups is 4. The molecule has 0 saturated carbocycles. The van der Waals surface area contributed by atoms with E-state index in [0.29, 0.717) is 5.56 Å². The molecule has 1 rings (SSSR count). The largest absolute Gasteiger partial charge is 0.462 e. The molecule has 0 aromatic carbocycles. The third-order valence-corrected chi connectivity index (χ3v) is 10.5. The first-order chi connectivity index (χ1) is 19.4. The highest BCUT2D eigenvalue weighted by atomic mass is 32.3. The lowest BCUT2D eigenvalue weighted by molar-refractivity contribution is -0.167. The second-order valence-electron chi connectivity index (χ2n) is 9.47. The van der Waals surface area contributed by atoms with Crippen LogP contribution in [0.1, 0.15) is 39.2 Å². The van der Waals surface area contributed by atoms with Gasteiger partial charge in [-0.25, -0.2) is 21.6 Å². The van der Waals surface area contributed by atoms with Crippen molar-refractivity contribution < 1.29 is 59.3 Å². The van der Waals surface area contributed by atoms with Crippen molar-refractivity contribution >= 4 is 67.2 Å². The van der Waals surface area contributed by atoms with E-state index in [1.54, 1.807) is 16.8 Å². The van der Waals surface area contributed by atoms with E-state index in [9.17, 15) is 45.1 Å². The molecule has 0 radical (unpaired) electrons. The van der Waals surface area contributed by atoms with Gasteiger partial charge < -0.3 is 34.4 Å². The normalized spacial score (nSPS) is 16.8. The van der Waals surface area contributed by atoms with E-state index in [2.05, 4.69) is 5.32 Å². The number of hydrogen-bond acceptors (Lipinski definition) is 13. The van der Waals surface area contributed by atoms with E-state index < -0.39 is 116 Å². The Morgan fingerprint density at radius 2 is 1.64 bits per heavy atom. The molecule has 0 saturated heterocycles. The van der Waals surface area contributed by atoms with E-state index >= 15 is 0 Å². The van der Waals surface area contributed by atoms with Crippen LogP contribution < -0.4 is 11.1 Å². The molecular formula is C23H36N2O13S4. The highest BCUT2D eigenvalue weighted by Gasteiger charge is 2.51. The van der Waals surface area contributed by atoms with E-state index in [1.165, 1.54) is 18.3 Å². The molecule has 5 N–H and O–H groups in total. The Kier molecular flexibility index (Phi) is 15.4. The summed E-state index contributed by atoms with van der Waals surface area (Å²) >= 11 is -4.91. The Morgan fingerprint density at radius 3 is 2.07 bits per heavy atom. The maximum atomic E-state index is 13.4. The van der Waals surface area contributed by atoms with Crippen LogP contribution in [0.2, 0.25) is 0 Å². The number of sulfone groups is 1. The highest BCUT2D eigenvalue weighted by Crippen LogP contribution is 2.33. The number of nitrogens with one attached hydrogen (secondary N) is 1. The lowest BCUT2D eigenvalue weighted by Gasteiger charge is -2.35. The van der Waals surface area contributed by atoms with Crippen molar-refractivity contribution in [2.45, 2.75) is 62.3 Å². The van der Waals surface area contributed by atoms with Gasteiger partial charge in [-0.05, 0) is 48.6 Å². The molecule has 1 aromatic rings. The van der Waals surface area contributed by atoms with Gasteiger partial charge in [0.15, 0.2) is 32.3 Å². The van der Waals surface area contributed by atoms with Crippen LogP contribution in [0.3, 0.4) is 0 Å². The number of nitrogens with two attached hydrogens (primary N) is 1. The Hall–Kier alpha value is -2.29. The maximum absolute atomic E-state index is 13.4. The quantitative estimate of drug-likeness (QED) is 0.0890. The standard InChI is InChI=1S/C23H36N2O13S4/c1-14(22(29)38-19(11-36-15(2)26)12-37-16(3)27)25-21(28)18(9-17-5-7-39-13-17)10-23(40(30)31,41(32)33)20(24)6-8-42(4,34)35/h5,7,13-14,18-20H,6,8-12,24H2,1-4H3,(H,25,28)(H,30,31)(H,32,33). The second kappa shape index (κ2) is 17.1. The monoisotopic (exact) mass is 676 g/mol. The van der Waals surface area contributed by atoms with Gasteiger partial charge in [-0.1, -0.05) is 0 Å². The Morgan fingerprint density at radius 1 is 1.10 bits per heavy atom. The van der Waals surface area contributed by atoms with Gasteiger partial charge in [0, 0.05) is 32.1 Å². The van der Waals surface area contributed by atoms with Crippen LogP contribution in [-0.2, 0) is 71.8 Å². The fourth-order valence-electron chi connectivity index (χ4n) is 3.66. The van der Waals surface area contributed by atoms with E-state index in [0.717, 1.165) is 20.1 Å². The van der Waals surface area contributed by atoms with Crippen LogP contribution in [0.4, 0.5) is 0 Å². The van der Waals surface area contributed by atoms with Gasteiger partial charge in [0.05, 0.1) is 5.75 Å². The first-order valence-corrected chi connectivity index (χ1v) is 17.5. The second-order valence-corrected chi connectivity index (χ2v) is 15.2. The van der Waals surface area contributed by atoms with Gasteiger partial charge in [0.25, 0.3) is 0 Å². The Bertz CT molecular complexity index is 1200. The average Bonchev–Trinajstić information content (AvgIpc) is 3.38. The molecule has 0 fully saturated rings. The molecule has 0 aliphatic rings. The summed E-state index contributed by atoms with van der Waals surface area (Å²) in [5.41, 5.74) is 6.64. The lowest BCUT2D eigenvalue weighted by Crippen LogP contribution is -2.57. The molecule has 0 aliphatic heterocycles. The number of esters is 3. The summed E-state index contributed by atoms with van der Waals surface area (Å²) in [7, 11) is -3.60. The van der Waals surface area contributed by atoms with E-state index in [4.69, 9.17) is 19.9 Å². The number of ether oxygens (including phenoxy) is 3. The molecule has 240 valence electrons. The van der Waals surface area contributed by atoms with Crippen molar-refractivity contribution in [1.82, 2.24) is 5.32 Å². The van der Waals surface area contributed by atoms with Crippen molar-refractivity contribution in [1.29, 1.82) is 0 Å². The van der Waals surface area contributed by atoms with Crippen LogP contribution >= 0.6 is 11.3 Å². The van der Waals surface area contributed by atoms with Gasteiger partial charge >= 0.3 is 17.9 Å². The Balaban J connectivity index is 3.24. The molecule has 1 heterocycles. The average molecular weight is 677 g/mol. The van der Waals surface area contributed by atoms with Crippen LogP contribution in [-0.4, -0.2) is 97.2 Å². The molecule has 0 bridgehead atoms. The van der Waals surface area contributed by atoms with Crippen LogP contribution in [0.15, 0.2) is 16.8 Å². The Labute approximate surface area is 252 Å². The number of hydrogen-bond donors (Lipinski definition) is 4. The molecule has 5 unspecified atom stereocenters. The molecule has 42 heavy (non-hydrogen) atoms. The van der Waals surface area contributed by atoms with Crippen molar-refractivity contribution in [3.8, 4) is 0 Å². The van der Waals surface area contributed by atoms with Gasteiger partial charge in [0.1, 0.15) is 29.1 Å². The molecule has 0 spiro atoms. The first kappa shape index (κ1) is 37.7. The summed E-state index contributed by atoms with van der Waals surface area (Å²) in [5.74, 6) is -5.07. The molecule has 1 aromatic heterocycles. The summed E-state index contributed by atoms with van der Waals surface area (Å²) in [5, 5.41) is 5.79. The summed E-state index contributed by atoms with van der Waals surface area (Å²) in [4.78, 5) is 48.5. The summed E-state index contributed by atoms with van der Waals surface area (Å²) in [6.45, 7) is 2.62. The molecule has 19 heteroatoms. The van der Waals surface area contributed by atoms with E-state index in [1.807, 2.05) is 0 Å². The van der Waals surface area contributed by atoms with Gasteiger partial charge in [-0.15, -0.1) is 0 Å². The lowest BCUT2D eigenvalue weighted by atomic mass is 9.91. The minimum atomic E-state index is -3.60. The minimum Gasteiger partial charge on any atom is -0.462 e. The van der Waals surface area contributed by atoms with Gasteiger partial charge in [0.2, 0.25) is 5.91 Å². The number of amides is 1. The van der Waals surface area contributed by atoms with Crippen molar-refractivity contribution in [3.05, 3.63) is 22.4 Å². The molecule has 15 nitrogen and oxygen atoms in total. The minimum absolute atomic E-state index is 0.0897. The molecule has 1 amide bonds. The predicted molar refractivity (Wildman–Crippen MR) is 153 cm³/mol. The summed E-state index contributed by atoms with van der Waals surface area (Å²) in [6.07, 6.45) is -1.55. The van der Waals surface area contributed by atoms with Gasteiger partial charge in [-0.2, -0.15) is 11.3 Å². The van der Waals surface area contributed by atoms with Crippen molar-refractivity contribution in [3.63, 3.8) is 0 Å². The van der Waals surface area contributed by atoms with Crippen LogP contribution in [0.25, 0.3) is 0 Å². The first-order valence-electron chi connectivity index (χ1n) is 12.3. The van der Waals surface area contributed by atoms with E-state index in [-0.39, 0.29) is 6.42 Å². The molecule has 5 atom stereocenters. The molecular weight excluding hydrogens is 641 g/mol. The SMILES string of the molecule is CC(=O)OCC(COC(C)=O)OC(=O)C(C)NC(=O)C(Cc1ccsc1)CC(C(N)CCS(C)(=O)=O)(S(=O)O)S(=O)O. The zero-order valence-electron chi connectivity index (χ0n) is 23.4. The smallest absolute Gasteiger partial charge is 0.328 e. The highest BCUT2D eigenvalue weighted by molar-refractivity contribution is 7.99. The fraction of sp³-hybridized carbons (Fsp3) is 0.652. The topological polar surface area (TPSA) is 243 Å². The number of thiophene rings is 1. The zero-order chi connectivity index (χ0) is 32.3. The predicted octanol–water partition coefficient (Wildman–Crippen LogP) is -0.259. The third kappa shape index (κ3) is 12.5. The van der Waals surface area contributed by atoms with Crippen LogP contribution in [0.5, 0.6) is 0 Å². The fourth-order valence-corrected chi connectivity index (χ4v) is 6.96. The van der Waals surface area contributed by atoms with Gasteiger partial charge in [-0.3, -0.25) is 14.4 Å². The maximum Gasteiger partial charge on any atom is 0.328 e. The summed E-state index contributed by atoms with van der Waals surface area (Å²) in [6, 6.07) is -1.27. The number of rotatable bonds is 18. The zero-order valence-corrected chi connectivity index (χ0v) is 26.6. The van der Waals surface area contributed by atoms with Crippen LogP contribution in [0, 0.1) is 5.92 Å². The summed E-state index contributed by atoms with van der Waals surface area (Å²) < 4.78 is 81.0. The molecule has 0 aliphatic carbocycles.